The number of rotatable bonds is 6. The monoisotopic (exact) mass is 454 g/mol. The van der Waals surface area contributed by atoms with E-state index in [4.69, 9.17) is 4.74 Å². The van der Waals surface area contributed by atoms with Gasteiger partial charge in [0.2, 0.25) is 0 Å². The molecule has 0 saturated carbocycles. The third-order valence-corrected chi connectivity index (χ3v) is 7.77. The Morgan fingerprint density at radius 2 is 1.73 bits per heavy atom. The van der Waals surface area contributed by atoms with Crippen LogP contribution in [0.2, 0.25) is 0 Å². The summed E-state index contributed by atoms with van der Waals surface area (Å²) in [4.78, 5) is 32.7. The van der Waals surface area contributed by atoms with Gasteiger partial charge in [0.15, 0.2) is 0 Å². The molecule has 180 valence electrons. The molecule has 1 aromatic carbocycles. The number of aryl methyl sites for hydroxylation is 1. The number of esters is 1. The minimum atomic E-state index is -0.742. The minimum Gasteiger partial charge on any atom is -0.450 e. The van der Waals surface area contributed by atoms with Gasteiger partial charge in [0.1, 0.15) is 5.60 Å². The minimum absolute atomic E-state index is 0.141. The van der Waals surface area contributed by atoms with E-state index in [9.17, 15) is 9.59 Å². The Morgan fingerprint density at radius 1 is 1.03 bits per heavy atom. The quantitative estimate of drug-likeness (QED) is 0.666. The molecule has 0 aliphatic carbocycles. The Labute approximate surface area is 197 Å². The van der Waals surface area contributed by atoms with Gasteiger partial charge in [0.05, 0.1) is 5.57 Å². The maximum absolute atomic E-state index is 13.1. The van der Waals surface area contributed by atoms with E-state index < -0.39 is 5.60 Å². The summed E-state index contributed by atoms with van der Waals surface area (Å²) in [5.41, 5.74) is 4.30. The third kappa shape index (κ3) is 4.80. The molecular formula is C26H38N4O3. The van der Waals surface area contributed by atoms with Crippen LogP contribution in [0.1, 0.15) is 37.8 Å². The lowest BCUT2D eigenvalue weighted by Gasteiger charge is -2.39. The third-order valence-electron chi connectivity index (χ3n) is 7.77. The summed E-state index contributed by atoms with van der Waals surface area (Å²) in [5, 5.41) is 3.08. The van der Waals surface area contributed by atoms with Crippen LogP contribution >= 0.6 is 0 Å². The largest absolute Gasteiger partial charge is 0.450 e. The molecule has 0 bridgehead atoms. The summed E-state index contributed by atoms with van der Waals surface area (Å²) < 4.78 is 5.78. The van der Waals surface area contributed by atoms with Crippen LogP contribution in [-0.4, -0.2) is 86.2 Å². The molecule has 3 heterocycles. The average molecular weight is 455 g/mol. The van der Waals surface area contributed by atoms with Crippen LogP contribution in [0.4, 0.5) is 5.69 Å². The molecule has 4 rings (SSSR count). The van der Waals surface area contributed by atoms with Crippen LogP contribution in [-0.2, 0) is 14.3 Å². The molecule has 0 aromatic heterocycles. The highest BCUT2D eigenvalue weighted by Crippen LogP contribution is 2.41. The van der Waals surface area contributed by atoms with Crippen molar-refractivity contribution in [1.29, 1.82) is 0 Å². The topological polar surface area (TPSA) is 65.1 Å². The summed E-state index contributed by atoms with van der Waals surface area (Å²) in [7, 11) is 0. The number of hydrogen-bond acceptors (Lipinski definition) is 6. The normalized spacial score (nSPS) is 21.6. The van der Waals surface area contributed by atoms with E-state index in [0.717, 1.165) is 52.4 Å². The Hall–Kier alpha value is -2.38. The Kier molecular flexibility index (Phi) is 7.10. The first-order valence-corrected chi connectivity index (χ1v) is 12.3. The predicted octanol–water partition coefficient (Wildman–Crippen LogP) is 2.27. The van der Waals surface area contributed by atoms with Crippen molar-refractivity contribution in [2.45, 2.75) is 46.1 Å². The Bertz CT molecular complexity index is 925. The summed E-state index contributed by atoms with van der Waals surface area (Å²) in [6.45, 7) is 16.2. The highest BCUT2D eigenvalue weighted by Gasteiger charge is 2.50. The first-order chi connectivity index (χ1) is 15.8. The lowest BCUT2D eigenvalue weighted by molar-refractivity contribution is -0.150. The Balaban J connectivity index is 1.29. The number of benzene rings is 1. The molecule has 1 amide bonds. The molecule has 2 saturated heterocycles. The first kappa shape index (κ1) is 23.8. The van der Waals surface area contributed by atoms with Gasteiger partial charge in [0.25, 0.3) is 5.91 Å². The second kappa shape index (κ2) is 9.85. The number of carbonyl (C=O) groups is 2. The number of piperidine rings is 1. The van der Waals surface area contributed by atoms with Crippen LogP contribution in [0.5, 0.6) is 0 Å². The molecule has 1 aromatic rings. The van der Waals surface area contributed by atoms with Crippen molar-refractivity contribution in [1.82, 2.24) is 15.1 Å². The second-order valence-electron chi connectivity index (χ2n) is 9.62. The van der Waals surface area contributed by atoms with Crippen molar-refractivity contribution >= 4 is 17.6 Å². The summed E-state index contributed by atoms with van der Waals surface area (Å²) >= 11 is 0. The number of nitrogens with one attached hydrogen (secondary N) is 1. The van der Waals surface area contributed by atoms with Gasteiger partial charge < -0.3 is 19.9 Å². The van der Waals surface area contributed by atoms with Crippen molar-refractivity contribution in [3.63, 3.8) is 0 Å². The molecule has 7 nitrogen and oxygen atoms in total. The van der Waals surface area contributed by atoms with E-state index in [-0.39, 0.29) is 11.9 Å². The molecule has 3 aliphatic rings. The lowest BCUT2D eigenvalue weighted by atomic mass is 9.82. The fourth-order valence-corrected chi connectivity index (χ4v) is 5.42. The first-order valence-electron chi connectivity index (χ1n) is 12.3. The van der Waals surface area contributed by atoms with E-state index in [0.29, 0.717) is 30.5 Å². The SMILES string of the molecule is CCN1CCC2(CC1)OC(=O)C(C)=C2C(=O)NCCN1CCN(c2cccc(C)c2C)CC1. The average Bonchev–Trinajstić information content (AvgIpc) is 3.06. The Morgan fingerprint density at radius 3 is 2.39 bits per heavy atom. The van der Waals surface area contributed by atoms with Crippen molar-refractivity contribution in [2.75, 3.05) is 63.8 Å². The van der Waals surface area contributed by atoms with Gasteiger partial charge in [-0.1, -0.05) is 19.1 Å². The smallest absolute Gasteiger partial charge is 0.335 e. The fraction of sp³-hybridized carbons (Fsp3) is 0.615. The van der Waals surface area contributed by atoms with E-state index in [1.54, 1.807) is 6.92 Å². The maximum Gasteiger partial charge on any atom is 0.335 e. The molecule has 0 unspecified atom stereocenters. The number of anilines is 1. The molecule has 1 N–H and O–H groups in total. The van der Waals surface area contributed by atoms with Gasteiger partial charge in [-0.15, -0.1) is 0 Å². The molecule has 2 fully saturated rings. The van der Waals surface area contributed by atoms with E-state index in [1.807, 2.05) is 0 Å². The highest BCUT2D eigenvalue weighted by atomic mass is 16.6. The zero-order chi connectivity index (χ0) is 23.6. The zero-order valence-electron chi connectivity index (χ0n) is 20.6. The summed E-state index contributed by atoms with van der Waals surface area (Å²) in [5.74, 6) is -0.481. The molecule has 0 radical (unpaired) electrons. The van der Waals surface area contributed by atoms with Crippen LogP contribution in [0.25, 0.3) is 0 Å². The van der Waals surface area contributed by atoms with Gasteiger partial charge >= 0.3 is 5.97 Å². The molecular weight excluding hydrogens is 416 g/mol. The second-order valence-corrected chi connectivity index (χ2v) is 9.62. The highest BCUT2D eigenvalue weighted by molar-refractivity contribution is 6.07. The number of ether oxygens (including phenoxy) is 1. The maximum atomic E-state index is 13.1. The molecule has 33 heavy (non-hydrogen) atoms. The van der Waals surface area contributed by atoms with E-state index >= 15 is 0 Å². The van der Waals surface area contributed by atoms with Crippen molar-refractivity contribution in [3.05, 3.63) is 40.5 Å². The van der Waals surface area contributed by atoms with Crippen molar-refractivity contribution in [2.24, 2.45) is 0 Å². The number of likely N-dealkylation sites (tertiary alicyclic amines) is 1. The molecule has 7 heteroatoms. The van der Waals surface area contributed by atoms with E-state index in [2.05, 4.69) is 59.0 Å². The van der Waals surface area contributed by atoms with Gasteiger partial charge in [-0.3, -0.25) is 9.69 Å². The lowest BCUT2D eigenvalue weighted by Crippen LogP contribution is -2.50. The number of carbonyl (C=O) groups excluding carboxylic acids is 2. The summed E-state index contributed by atoms with van der Waals surface area (Å²) in [6, 6.07) is 6.50. The van der Waals surface area contributed by atoms with Crippen LogP contribution in [0, 0.1) is 13.8 Å². The molecule has 1 spiro atoms. The zero-order valence-corrected chi connectivity index (χ0v) is 20.6. The number of nitrogens with zero attached hydrogens (tertiary/aromatic N) is 3. The summed E-state index contributed by atoms with van der Waals surface area (Å²) in [6.07, 6.45) is 1.38. The van der Waals surface area contributed by atoms with Gasteiger partial charge in [0, 0.05) is 76.5 Å². The number of piperazine rings is 1. The van der Waals surface area contributed by atoms with Gasteiger partial charge in [-0.25, -0.2) is 4.79 Å². The van der Waals surface area contributed by atoms with Crippen molar-refractivity contribution in [3.8, 4) is 0 Å². The fourth-order valence-electron chi connectivity index (χ4n) is 5.42. The van der Waals surface area contributed by atoms with Crippen LogP contribution in [0.15, 0.2) is 29.3 Å². The van der Waals surface area contributed by atoms with E-state index in [1.165, 1.54) is 16.8 Å². The number of hydrogen-bond donors (Lipinski definition) is 1. The van der Waals surface area contributed by atoms with Crippen molar-refractivity contribution < 1.29 is 14.3 Å². The van der Waals surface area contributed by atoms with Gasteiger partial charge in [-0.05, 0) is 44.5 Å². The number of amides is 1. The molecule has 0 atom stereocenters. The van der Waals surface area contributed by atoms with Gasteiger partial charge in [-0.2, -0.15) is 0 Å². The predicted molar refractivity (Wildman–Crippen MR) is 130 cm³/mol. The molecule has 3 aliphatic heterocycles. The van der Waals surface area contributed by atoms with Crippen LogP contribution in [0.3, 0.4) is 0 Å². The standard InChI is InChI=1S/C26H38N4O3/c1-5-28-12-9-26(10-13-28)23(21(4)25(32)33-26)24(31)27-11-14-29-15-17-30(18-16-29)22-8-6-7-19(2)20(22)3/h6-8H,5,9-18H2,1-4H3,(H,27,31). The van der Waals surface area contributed by atoms with Crippen LogP contribution < -0.4 is 10.2 Å².